The van der Waals surface area contributed by atoms with Gasteiger partial charge in [0.15, 0.2) is 0 Å². The van der Waals surface area contributed by atoms with Gasteiger partial charge in [-0.15, -0.1) is 0 Å². The maximum atomic E-state index is 12.6. The van der Waals surface area contributed by atoms with Crippen LogP contribution in [-0.4, -0.2) is 23.4 Å². The molecule has 0 spiro atoms. The van der Waals surface area contributed by atoms with E-state index in [9.17, 15) is 4.79 Å². The van der Waals surface area contributed by atoms with Gasteiger partial charge in [0.05, 0.1) is 0 Å². The molecule has 1 aromatic carbocycles. The molecule has 1 aliphatic carbocycles. The van der Waals surface area contributed by atoms with Crippen LogP contribution in [0.25, 0.3) is 0 Å². The zero-order valence-electron chi connectivity index (χ0n) is 11.6. The maximum Gasteiger partial charge on any atom is 0.254 e. The average Bonchev–Trinajstić information content (AvgIpc) is 2.98. The van der Waals surface area contributed by atoms with Gasteiger partial charge < -0.3 is 4.90 Å². The predicted molar refractivity (Wildman–Crippen MR) is 77.1 cm³/mol. The lowest BCUT2D eigenvalue weighted by molar-refractivity contribution is 0.0661. The van der Waals surface area contributed by atoms with E-state index in [-0.39, 0.29) is 5.91 Å². The quantitative estimate of drug-likeness (QED) is 0.787. The van der Waals surface area contributed by atoms with Crippen LogP contribution in [0.3, 0.4) is 0 Å². The van der Waals surface area contributed by atoms with Gasteiger partial charge >= 0.3 is 0 Å². The number of benzene rings is 1. The molecule has 0 bridgehead atoms. The summed E-state index contributed by atoms with van der Waals surface area (Å²) in [5.74, 6) is 0.998. The fourth-order valence-corrected chi connectivity index (χ4v) is 3.80. The summed E-state index contributed by atoms with van der Waals surface area (Å²) in [6.07, 6.45) is 9.13. The summed E-state index contributed by atoms with van der Waals surface area (Å²) in [6, 6.07) is 10.3. The molecule has 1 saturated carbocycles. The summed E-state index contributed by atoms with van der Waals surface area (Å²) in [4.78, 5) is 14.8. The molecule has 2 aliphatic rings. The molecule has 19 heavy (non-hydrogen) atoms. The number of hydrogen-bond acceptors (Lipinski definition) is 1. The minimum absolute atomic E-state index is 0.244. The minimum atomic E-state index is 0.244. The van der Waals surface area contributed by atoms with Crippen LogP contribution in [0.5, 0.6) is 0 Å². The van der Waals surface area contributed by atoms with E-state index in [1.54, 1.807) is 0 Å². The van der Waals surface area contributed by atoms with Crippen molar-refractivity contribution in [2.75, 3.05) is 6.54 Å². The molecule has 2 fully saturated rings. The third-order valence-corrected chi connectivity index (χ3v) is 4.77. The monoisotopic (exact) mass is 257 g/mol. The molecule has 2 nitrogen and oxygen atoms in total. The van der Waals surface area contributed by atoms with Crippen molar-refractivity contribution in [2.45, 2.75) is 51.0 Å². The summed E-state index contributed by atoms with van der Waals surface area (Å²) in [6.45, 7) is 0.953. The van der Waals surface area contributed by atoms with Gasteiger partial charge in [-0.2, -0.15) is 0 Å². The van der Waals surface area contributed by atoms with Gasteiger partial charge in [0, 0.05) is 18.2 Å². The molecule has 1 atom stereocenters. The molecule has 3 rings (SSSR count). The standard InChI is InChI=1S/C17H23NO/c19-17(15-10-5-2-6-11-15)18-13-7-12-16(18)14-8-3-1-4-9-14/h2,5-6,10-11,14,16H,1,3-4,7-9,12-13H2. The molecule has 1 amide bonds. The lowest BCUT2D eigenvalue weighted by Crippen LogP contribution is -2.40. The van der Waals surface area contributed by atoms with Crippen molar-refractivity contribution in [3.05, 3.63) is 35.9 Å². The number of nitrogens with zero attached hydrogens (tertiary/aromatic N) is 1. The number of amides is 1. The van der Waals surface area contributed by atoms with Crippen LogP contribution in [0.2, 0.25) is 0 Å². The highest BCUT2D eigenvalue weighted by Crippen LogP contribution is 2.34. The van der Waals surface area contributed by atoms with Crippen LogP contribution in [0, 0.1) is 5.92 Å². The first-order valence-electron chi connectivity index (χ1n) is 7.72. The summed E-state index contributed by atoms with van der Waals surface area (Å²) in [5.41, 5.74) is 0.852. The maximum absolute atomic E-state index is 12.6. The summed E-state index contributed by atoms with van der Waals surface area (Å²) in [7, 11) is 0. The zero-order valence-corrected chi connectivity index (χ0v) is 11.6. The fourth-order valence-electron chi connectivity index (χ4n) is 3.80. The minimum Gasteiger partial charge on any atom is -0.335 e. The topological polar surface area (TPSA) is 20.3 Å². The molecule has 1 unspecified atom stereocenters. The van der Waals surface area contributed by atoms with Crippen LogP contribution in [-0.2, 0) is 0 Å². The third kappa shape index (κ3) is 2.68. The van der Waals surface area contributed by atoms with E-state index in [2.05, 4.69) is 4.90 Å². The highest BCUT2D eigenvalue weighted by Gasteiger charge is 2.35. The Morgan fingerprint density at radius 2 is 1.68 bits per heavy atom. The highest BCUT2D eigenvalue weighted by molar-refractivity contribution is 5.94. The summed E-state index contributed by atoms with van der Waals surface area (Å²) < 4.78 is 0. The van der Waals surface area contributed by atoms with Gasteiger partial charge in [-0.05, 0) is 43.7 Å². The third-order valence-electron chi connectivity index (χ3n) is 4.77. The molecule has 1 heterocycles. The molecule has 2 heteroatoms. The molecular formula is C17H23NO. The van der Waals surface area contributed by atoms with Crippen molar-refractivity contribution in [2.24, 2.45) is 5.92 Å². The van der Waals surface area contributed by atoms with Gasteiger partial charge in [0.1, 0.15) is 0 Å². The molecule has 0 aromatic heterocycles. The van der Waals surface area contributed by atoms with E-state index in [1.807, 2.05) is 30.3 Å². The fraction of sp³-hybridized carbons (Fsp3) is 0.588. The van der Waals surface area contributed by atoms with E-state index in [0.29, 0.717) is 6.04 Å². The largest absolute Gasteiger partial charge is 0.335 e. The average molecular weight is 257 g/mol. The predicted octanol–water partition coefficient (Wildman–Crippen LogP) is 3.87. The number of likely N-dealkylation sites (tertiary alicyclic amines) is 1. The summed E-state index contributed by atoms with van der Waals surface area (Å²) >= 11 is 0. The molecule has 0 radical (unpaired) electrons. The van der Waals surface area contributed by atoms with Gasteiger partial charge in [0.25, 0.3) is 5.91 Å². The number of carbonyl (C=O) groups is 1. The van der Waals surface area contributed by atoms with Crippen molar-refractivity contribution in [1.82, 2.24) is 4.90 Å². The van der Waals surface area contributed by atoms with Crippen LogP contribution < -0.4 is 0 Å². The molecule has 0 N–H and O–H groups in total. The van der Waals surface area contributed by atoms with Crippen LogP contribution in [0.1, 0.15) is 55.3 Å². The lowest BCUT2D eigenvalue weighted by Gasteiger charge is -2.34. The Morgan fingerprint density at radius 1 is 0.947 bits per heavy atom. The van der Waals surface area contributed by atoms with Gasteiger partial charge in [-0.1, -0.05) is 37.5 Å². The Hall–Kier alpha value is -1.31. The van der Waals surface area contributed by atoms with Gasteiger partial charge in [-0.3, -0.25) is 4.79 Å². The molecule has 1 saturated heterocycles. The van der Waals surface area contributed by atoms with Crippen molar-refractivity contribution < 1.29 is 4.79 Å². The normalized spacial score (nSPS) is 24.6. The summed E-state index contributed by atoms with van der Waals surface area (Å²) in [5, 5.41) is 0. The Labute approximate surface area is 115 Å². The molecular weight excluding hydrogens is 234 g/mol. The lowest BCUT2D eigenvalue weighted by atomic mass is 9.83. The Morgan fingerprint density at radius 3 is 2.42 bits per heavy atom. The SMILES string of the molecule is O=C(c1ccccc1)N1CCCC1C1CCCCC1. The Bertz CT molecular complexity index is 422. The second-order valence-corrected chi connectivity index (χ2v) is 5.97. The van der Waals surface area contributed by atoms with Crippen molar-refractivity contribution in [3.8, 4) is 0 Å². The van der Waals surface area contributed by atoms with Crippen molar-refractivity contribution >= 4 is 5.91 Å². The Kier molecular flexibility index (Phi) is 3.86. The second-order valence-electron chi connectivity index (χ2n) is 5.97. The first-order chi connectivity index (χ1) is 9.36. The van der Waals surface area contributed by atoms with E-state index in [1.165, 1.54) is 44.9 Å². The van der Waals surface area contributed by atoms with E-state index >= 15 is 0 Å². The van der Waals surface area contributed by atoms with Crippen LogP contribution in [0.4, 0.5) is 0 Å². The smallest absolute Gasteiger partial charge is 0.254 e. The Balaban J connectivity index is 1.74. The number of hydrogen-bond donors (Lipinski definition) is 0. The highest BCUT2D eigenvalue weighted by atomic mass is 16.2. The first-order valence-corrected chi connectivity index (χ1v) is 7.72. The first kappa shape index (κ1) is 12.7. The van der Waals surface area contributed by atoms with E-state index < -0.39 is 0 Å². The molecule has 102 valence electrons. The number of rotatable bonds is 2. The van der Waals surface area contributed by atoms with E-state index in [4.69, 9.17) is 0 Å². The van der Waals surface area contributed by atoms with Crippen molar-refractivity contribution in [1.29, 1.82) is 0 Å². The molecule has 1 aromatic rings. The zero-order chi connectivity index (χ0) is 13.1. The number of carbonyl (C=O) groups excluding carboxylic acids is 1. The van der Waals surface area contributed by atoms with Crippen molar-refractivity contribution in [3.63, 3.8) is 0 Å². The van der Waals surface area contributed by atoms with Crippen LogP contribution in [0.15, 0.2) is 30.3 Å². The van der Waals surface area contributed by atoms with Gasteiger partial charge in [0.2, 0.25) is 0 Å². The molecule has 1 aliphatic heterocycles. The van der Waals surface area contributed by atoms with Gasteiger partial charge in [-0.25, -0.2) is 0 Å². The van der Waals surface area contributed by atoms with Crippen LogP contribution >= 0.6 is 0 Å². The second kappa shape index (κ2) is 5.77. The van der Waals surface area contributed by atoms with E-state index in [0.717, 1.165) is 18.0 Å².